The van der Waals surface area contributed by atoms with Gasteiger partial charge >= 0.3 is 12.4 Å². The van der Waals surface area contributed by atoms with Gasteiger partial charge in [0, 0.05) is 42.6 Å². The van der Waals surface area contributed by atoms with Crippen LogP contribution in [0.15, 0.2) is 42.9 Å². The molecule has 0 amide bonds. The number of hydrogen-bond acceptors (Lipinski definition) is 6. The van der Waals surface area contributed by atoms with Crippen LogP contribution < -0.4 is 10.6 Å². The van der Waals surface area contributed by atoms with Crippen LogP contribution in [0.5, 0.6) is 0 Å². The van der Waals surface area contributed by atoms with Crippen molar-refractivity contribution in [3.8, 4) is 11.3 Å². The molecule has 0 spiro atoms. The maximum absolute atomic E-state index is 13.7. The number of nitrogens with zero attached hydrogens (tertiary/aromatic N) is 4. The fraction of sp³-hybridized carbons (Fsp3) is 0.348. The van der Waals surface area contributed by atoms with Crippen molar-refractivity contribution in [2.75, 3.05) is 23.8 Å². The second kappa shape index (κ2) is 9.33. The van der Waals surface area contributed by atoms with Gasteiger partial charge in [-0.2, -0.15) is 26.3 Å². The van der Waals surface area contributed by atoms with E-state index in [4.69, 9.17) is 10.5 Å². The Kier molecular flexibility index (Phi) is 6.58. The number of fused-ring (bicyclic) bond motifs is 1. The van der Waals surface area contributed by atoms with Gasteiger partial charge in [0.25, 0.3) is 0 Å². The van der Waals surface area contributed by atoms with Crippen LogP contribution in [0.4, 0.5) is 37.8 Å². The molecule has 6 nitrogen and oxygen atoms in total. The fourth-order valence-electron chi connectivity index (χ4n) is 4.14. The lowest BCUT2D eigenvalue weighted by atomic mass is 9.98. The third kappa shape index (κ3) is 5.02. The molecule has 1 aromatic carbocycles. The Morgan fingerprint density at radius 1 is 1.06 bits per heavy atom. The fourth-order valence-corrected chi connectivity index (χ4v) is 4.14. The molecule has 1 unspecified atom stereocenters. The molecule has 1 aliphatic heterocycles. The van der Waals surface area contributed by atoms with Crippen LogP contribution in [-0.2, 0) is 29.9 Å². The van der Waals surface area contributed by atoms with Crippen molar-refractivity contribution in [2.24, 2.45) is 0 Å². The summed E-state index contributed by atoms with van der Waals surface area (Å²) < 4.78 is 86.9. The molecular weight excluding hydrogens is 476 g/mol. The normalized spacial score (nSPS) is 16.7. The first-order valence-electron chi connectivity index (χ1n) is 10.7. The molecule has 1 aliphatic rings. The minimum absolute atomic E-state index is 0.0387. The maximum atomic E-state index is 13.7. The minimum atomic E-state index is -4.64. The highest BCUT2D eigenvalue weighted by atomic mass is 19.4. The van der Waals surface area contributed by atoms with E-state index >= 15 is 0 Å². The molecule has 0 fully saturated rings. The topological polar surface area (TPSA) is 77.2 Å². The zero-order valence-electron chi connectivity index (χ0n) is 18.5. The van der Waals surface area contributed by atoms with E-state index in [1.807, 2.05) is 0 Å². The summed E-state index contributed by atoms with van der Waals surface area (Å²) in [4.78, 5) is 13.9. The summed E-state index contributed by atoms with van der Waals surface area (Å²) in [5.74, 6) is -0.292. The number of pyridine rings is 1. The van der Waals surface area contributed by atoms with Crippen LogP contribution in [0.25, 0.3) is 11.3 Å². The SMILES string of the molecule is CCOC1Cc2ncnc(-c3cc(C(F)(F)F)ccc3N)c2CCN1c1ncccc1C(F)(F)F. The molecule has 3 aromatic rings. The Bertz CT molecular complexity index is 1210. The van der Waals surface area contributed by atoms with E-state index in [1.54, 1.807) is 6.92 Å². The molecule has 0 bridgehead atoms. The van der Waals surface area contributed by atoms with Gasteiger partial charge in [-0.25, -0.2) is 15.0 Å². The second-order valence-corrected chi connectivity index (χ2v) is 7.88. The summed E-state index contributed by atoms with van der Waals surface area (Å²) in [6.45, 7) is 1.96. The zero-order valence-corrected chi connectivity index (χ0v) is 18.5. The smallest absolute Gasteiger partial charge is 0.398 e. The van der Waals surface area contributed by atoms with Crippen molar-refractivity contribution in [3.63, 3.8) is 0 Å². The van der Waals surface area contributed by atoms with Crippen molar-refractivity contribution in [1.29, 1.82) is 0 Å². The summed E-state index contributed by atoms with van der Waals surface area (Å²) >= 11 is 0. The van der Waals surface area contributed by atoms with E-state index in [2.05, 4.69) is 15.0 Å². The Morgan fingerprint density at radius 3 is 2.51 bits per heavy atom. The first-order chi connectivity index (χ1) is 16.5. The van der Waals surface area contributed by atoms with E-state index in [1.165, 1.54) is 23.5 Å². The van der Waals surface area contributed by atoms with Gasteiger partial charge in [-0.15, -0.1) is 0 Å². The molecule has 3 heterocycles. The number of halogens is 6. The molecule has 0 aliphatic carbocycles. The van der Waals surface area contributed by atoms with Crippen LogP contribution in [0, 0.1) is 0 Å². The van der Waals surface area contributed by atoms with Gasteiger partial charge in [-0.1, -0.05) is 0 Å². The van der Waals surface area contributed by atoms with Crippen LogP contribution in [0.1, 0.15) is 29.3 Å². The number of nitrogens with two attached hydrogens (primary N) is 1. The molecule has 12 heteroatoms. The molecule has 2 N–H and O–H groups in total. The number of alkyl halides is 6. The lowest BCUT2D eigenvalue weighted by Crippen LogP contribution is -2.40. The van der Waals surface area contributed by atoms with Gasteiger partial charge in [0.15, 0.2) is 0 Å². The van der Waals surface area contributed by atoms with Gasteiger partial charge < -0.3 is 15.4 Å². The average molecular weight is 497 g/mol. The van der Waals surface area contributed by atoms with E-state index < -0.39 is 29.7 Å². The van der Waals surface area contributed by atoms with Crippen LogP contribution in [-0.4, -0.2) is 34.3 Å². The Morgan fingerprint density at radius 2 is 1.83 bits per heavy atom. The molecule has 0 radical (unpaired) electrons. The summed E-state index contributed by atoms with van der Waals surface area (Å²) in [6.07, 6.45) is -7.38. The first-order valence-corrected chi connectivity index (χ1v) is 10.7. The second-order valence-electron chi connectivity index (χ2n) is 7.88. The number of anilines is 2. The van der Waals surface area contributed by atoms with E-state index in [9.17, 15) is 26.3 Å². The number of nitrogen functional groups attached to an aromatic ring is 1. The highest BCUT2D eigenvalue weighted by molar-refractivity contribution is 5.77. The van der Waals surface area contributed by atoms with Crippen LogP contribution in [0.2, 0.25) is 0 Å². The number of aromatic nitrogens is 3. The summed E-state index contributed by atoms with van der Waals surface area (Å²) in [5.41, 5.74) is 5.52. The van der Waals surface area contributed by atoms with E-state index in [0.29, 0.717) is 11.3 Å². The summed E-state index contributed by atoms with van der Waals surface area (Å²) in [7, 11) is 0. The molecule has 0 saturated carbocycles. The molecule has 1 atom stereocenters. The van der Waals surface area contributed by atoms with E-state index in [0.717, 1.165) is 24.3 Å². The first kappa shape index (κ1) is 24.7. The predicted octanol–water partition coefficient (Wildman–Crippen LogP) is 5.13. The van der Waals surface area contributed by atoms with Crippen molar-refractivity contribution in [1.82, 2.24) is 15.0 Å². The monoisotopic (exact) mass is 497 g/mol. The standard InChI is InChI=1S/C23H21F6N5O/c1-2-35-19-11-18-14(7-9-34(19)21-16(23(27,28)29)4-3-8-31-21)20(33-12-32-18)15-10-13(22(24,25)26)5-6-17(15)30/h3-6,8,10,12,19H,2,7,9,11,30H2,1H3. The molecule has 186 valence electrons. The number of benzene rings is 1. The van der Waals surface area contributed by atoms with Crippen LogP contribution in [0.3, 0.4) is 0 Å². The van der Waals surface area contributed by atoms with Gasteiger partial charge in [0.2, 0.25) is 0 Å². The lowest BCUT2D eigenvalue weighted by Gasteiger charge is -2.32. The number of hydrogen-bond donors (Lipinski definition) is 1. The number of rotatable bonds is 4. The van der Waals surface area contributed by atoms with Crippen molar-refractivity contribution >= 4 is 11.5 Å². The Labute approximate surface area is 196 Å². The molecule has 0 saturated heterocycles. The molecule has 35 heavy (non-hydrogen) atoms. The molecule has 4 rings (SSSR count). The Balaban J connectivity index is 1.80. The predicted molar refractivity (Wildman–Crippen MR) is 116 cm³/mol. The maximum Gasteiger partial charge on any atom is 0.419 e. The lowest BCUT2D eigenvalue weighted by molar-refractivity contribution is -0.138. The largest absolute Gasteiger partial charge is 0.419 e. The van der Waals surface area contributed by atoms with Gasteiger partial charge in [-0.05, 0) is 43.7 Å². The zero-order chi connectivity index (χ0) is 25.4. The molecular formula is C23H21F6N5O. The molecule has 2 aromatic heterocycles. The Hall–Kier alpha value is -3.41. The van der Waals surface area contributed by atoms with Gasteiger partial charge in [-0.3, -0.25) is 0 Å². The van der Waals surface area contributed by atoms with Crippen LogP contribution >= 0.6 is 0 Å². The number of ether oxygens (including phenoxy) is 1. The van der Waals surface area contributed by atoms with E-state index in [-0.39, 0.29) is 48.8 Å². The van der Waals surface area contributed by atoms with Gasteiger partial charge in [0.05, 0.1) is 22.5 Å². The van der Waals surface area contributed by atoms with Crippen molar-refractivity contribution in [3.05, 3.63) is 65.2 Å². The van der Waals surface area contributed by atoms with Crippen molar-refractivity contribution < 1.29 is 31.1 Å². The quantitative estimate of drug-likeness (QED) is 0.398. The highest BCUT2D eigenvalue weighted by Gasteiger charge is 2.38. The third-order valence-corrected chi connectivity index (χ3v) is 5.71. The summed E-state index contributed by atoms with van der Waals surface area (Å²) in [6, 6.07) is 5.10. The average Bonchev–Trinajstić information content (AvgIpc) is 2.97. The minimum Gasteiger partial charge on any atom is -0.398 e. The highest BCUT2D eigenvalue weighted by Crippen LogP contribution is 2.39. The van der Waals surface area contributed by atoms with Gasteiger partial charge in [0.1, 0.15) is 18.4 Å². The van der Waals surface area contributed by atoms with Crippen molar-refractivity contribution in [2.45, 2.75) is 38.3 Å². The third-order valence-electron chi connectivity index (χ3n) is 5.71. The summed E-state index contributed by atoms with van der Waals surface area (Å²) in [5, 5.41) is 0.